The minimum Gasteiger partial charge on any atom is -0.354 e. The van der Waals surface area contributed by atoms with Crippen molar-refractivity contribution in [3.05, 3.63) is 40.7 Å². The molecule has 0 bridgehead atoms. The average Bonchev–Trinajstić information content (AvgIpc) is 2.77. The molecular weight excluding hydrogens is 282 g/mol. The fraction of sp³-hybridized carbons (Fsp3) is 0.273. The van der Waals surface area contributed by atoms with Gasteiger partial charge in [-0.05, 0) is 24.6 Å². The molecule has 1 unspecified atom stereocenters. The number of alkyl halides is 3. The summed E-state index contributed by atoms with van der Waals surface area (Å²) >= 11 is 0.415. The van der Waals surface area contributed by atoms with E-state index in [1.54, 1.807) is 13.0 Å². The van der Waals surface area contributed by atoms with Crippen molar-refractivity contribution in [3.63, 3.8) is 0 Å². The lowest BCUT2D eigenvalue weighted by molar-refractivity contribution is -0.138. The molecule has 8 heteroatoms. The molecule has 0 saturated carbocycles. The fourth-order valence-electron chi connectivity index (χ4n) is 1.44. The Bertz CT molecular complexity index is 567. The quantitative estimate of drug-likeness (QED) is 0.872. The Labute approximate surface area is 110 Å². The van der Waals surface area contributed by atoms with E-state index < -0.39 is 17.0 Å². The van der Waals surface area contributed by atoms with Gasteiger partial charge in [0.15, 0.2) is 0 Å². The van der Waals surface area contributed by atoms with Crippen molar-refractivity contribution in [2.24, 2.45) is 0 Å². The molecule has 0 radical (unpaired) electrons. The van der Waals surface area contributed by atoms with Crippen LogP contribution in [0.25, 0.3) is 0 Å². The molecule has 1 N–H and O–H groups in total. The van der Waals surface area contributed by atoms with Gasteiger partial charge in [0.2, 0.25) is 10.1 Å². The zero-order valence-electron chi connectivity index (χ0n) is 9.70. The average molecular weight is 291 g/mol. The lowest BCUT2D eigenvalue weighted by atomic mass is 10.1. The Morgan fingerprint density at radius 3 is 2.58 bits per heavy atom. The first-order chi connectivity index (χ1) is 8.86. The van der Waals surface area contributed by atoms with Crippen molar-refractivity contribution in [3.8, 4) is 0 Å². The maximum absolute atomic E-state index is 13.0. The second-order valence-electron chi connectivity index (χ2n) is 3.83. The first kappa shape index (κ1) is 13.7. The highest BCUT2D eigenvalue weighted by Crippen LogP contribution is 2.34. The van der Waals surface area contributed by atoms with Crippen LogP contribution in [-0.4, -0.2) is 10.2 Å². The van der Waals surface area contributed by atoms with Gasteiger partial charge in [0.25, 0.3) is 0 Å². The molecule has 2 aromatic rings. The van der Waals surface area contributed by atoms with Crippen molar-refractivity contribution >= 4 is 16.5 Å². The number of nitrogens with one attached hydrogen (secondary N) is 1. The normalized spacial score (nSPS) is 13.3. The highest BCUT2D eigenvalue weighted by molar-refractivity contribution is 7.15. The van der Waals surface area contributed by atoms with E-state index in [9.17, 15) is 17.6 Å². The highest BCUT2D eigenvalue weighted by Gasteiger charge is 2.35. The molecule has 0 aliphatic heterocycles. The summed E-state index contributed by atoms with van der Waals surface area (Å²) in [6.45, 7) is 1.70. The van der Waals surface area contributed by atoms with Crippen LogP contribution in [0.5, 0.6) is 0 Å². The van der Waals surface area contributed by atoms with E-state index in [0.29, 0.717) is 16.9 Å². The second kappa shape index (κ2) is 5.12. The number of benzene rings is 1. The number of rotatable bonds is 3. The van der Waals surface area contributed by atoms with Crippen LogP contribution >= 0.6 is 11.3 Å². The fourth-order valence-corrected chi connectivity index (χ4v) is 2.14. The molecule has 0 amide bonds. The minimum absolute atomic E-state index is 0.0455. The summed E-state index contributed by atoms with van der Waals surface area (Å²) in [7, 11) is 0. The molecule has 0 fully saturated rings. The summed E-state index contributed by atoms with van der Waals surface area (Å²) in [6, 6.07) is 5.44. The van der Waals surface area contributed by atoms with Crippen molar-refractivity contribution in [2.45, 2.75) is 19.1 Å². The number of aromatic nitrogens is 2. The number of hydrogen-bond donors (Lipinski definition) is 1. The molecule has 1 atom stereocenters. The maximum Gasteiger partial charge on any atom is 0.445 e. The molecule has 0 spiro atoms. The van der Waals surface area contributed by atoms with Crippen LogP contribution in [0.15, 0.2) is 24.3 Å². The van der Waals surface area contributed by atoms with Crippen LogP contribution in [0, 0.1) is 5.82 Å². The van der Waals surface area contributed by atoms with E-state index in [0.717, 1.165) is 0 Å². The van der Waals surface area contributed by atoms with Crippen LogP contribution in [0.3, 0.4) is 0 Å². The van der Waals surface area contributed by atoms with Crippen LogP contribution < -0.4 is 5.32 Å². The van der Waals surface area contributed by atoms with Crippen LogP contribution in [0.1, 0.15) is 23.5 Å². The molecule has 2 rings (SSSR count). The third-order valence-corrected chi connectivity index (χ3v) is 3.26. The van der Waals surface area contributed by atoms with Gasteiger partial charge in [-0.1, -0.05) is 23.5 Å². The monoisotopic (exact) mass is 291 g/mol. The summed E-state index contributed by atoms with van der Waals surface area (Å²) in [4.78, 5) is 0. The van der Waals surface area contributed by atoms with Gasteiger partial charge in [0, 0.05) is 0 Å². The Kier molecular flexibility index (Phi) is 3.70. The van der Waals surface area contributed by atoms with E-state index in [2.05, 4.69) is 15.5 Å². The summed E-state index contributed by atoms with van der Waals surface area (Å²) < 4.78 is 50.1. The second-order valence-corrected chi connectivity index (χ2v) is 4.81. The zero-order chi connectivity index (χ0) is 14.0. The van der Waals surface area contributed by atoms with Crippen LogP contribution in [0.4, 0.5) is 22.7 Å². The van der Waals surface area contributed by atoms with Crippen LogP contribution in [-0.2, 0) is 6.18 Å². The number of halogens is 4. The van der Waals surface area contributed by atoms with Crippen molar-refractivity contribution in [1.29, 1.82) is 0 Å². The molecule has 19 heavy (non-hydrogen) atoms. The molecular formula is C11H9F4N3S. The van der Waals surface area contributed by atoms with Gasteiger partial charge in [0.1, 0.15) is 5.82 Å². The van der Waals surface area contributed by atoms with E-state index in [4.69, 9.17) is 0 Å². The van der Waals surface area contributed by atoms with Gasteiger partial charge in [0.05, 0.1) is 6.04 Å². The third-order valence-electron chi connectivity index (χ3n) is 2.36. The summed E-state index contributed by atoms with van der Waals surface area (Å²) in [6.07, 6.45) is -4.50. The van der Waals surface area contributed by atoms with Gasteiger partial charge in [-0.25, -0.2) is 4.39 Å². The lowest BCUT2D eigenvalue weighted by Crippen LogP contribution is -2.06. The maximum atomic E-state index is 13.0. The van der Waals surface area contributed by atoms with E-state index in [1.807, 2.05) is 0 Å². The summed E-state index contributed by atoms with van der Waals surface area (Å²) in [5, 5.41) is 8.26. The molecule has 0 aliphatic rings. The third kappa shape index (κ3) is 3.40. The first-order valence-electron chi connectivity index (χ1n) is 5.29. The van der Waals surface area contributed by atoms with Gasteiger partial charge in [-0.15, -0.1) is 10.2 Å². The molecule has 0 saturated heterocycles. The molecule has 1 heterocycles. The van der Waals surface area contributed by atoms with Crippen molar-refractivity contribution < 1.29 is 17.6 Å². The van der Waals surface area contributed by atoms with Crippen molar-refractivity contribution in [2.75, 3.05) is 5.32 Å². The first-order valence-corrected chi connectivity index (χ1v) is 6.10. The Balaban J connectivity index is 2.11. The molecule has 0 aliphatic carbocycles. The van der Waals surface area contributed by atoms with Crippen LogP contribution in [0.2, 0.25) is 0 Å². The zero-order valence-corrected chi connectivity index (χ0v) is 10.5. The molecule has 102 valence electrons. The summed E-state index contributed by atoms with van der Waals surface area (Å²) in [5.74, 6) is -0.403. The van der Waals surface area contributed by atoms with E-state index >= 15 is 0 Å². The number of anilines is 1. The molecule has 1 aromatic carbocycles. The minimum atomic E-state index is -4.50. The van der Waals surface area contributed by atoms with Crippen molar-refractivity contribution in [1.82, 2.24) is 10.2 Å². The molecule has 3 nitrogen and oxygen atoms in total. The topological polar surface area (TPSA) is 37.8 Å². The number of nitrogens with zero attached hydrogens (tertiary/aromatic N) is 2. The van der Waals surface area contributed by atoms with Gasteiger partial charge >= 0.3 is 6.18 Å². The highest BCUT2D eigenvalue weighted by atomic mass is 32.1. The Hall–Kier alpha value is -1.70. The predicted molar refractivity (Wildman–Crippen MR) is 63.3 cm³/mol. The molecule has 1 aromatic heterocycles. The Morgan fingerprint density at radius 2 is 2.00 bits per heavy atom. The SMILES string of the molecule is CC(Nc1nnc(C(F)(F)F)s1)c1cccc(F)c1. The van der Waals surface area contributed by atoms with Gasteiger partial charge in [-0.2, -0.15) is 13.2 Å². The van der Waals surface area contributed by atoms with Gasteiger partial charge < -0.3 is 5.32 Å². The Morgan fingerprint density at radius 1 is 1.26 bits per heavy atom. The standard InChI is InChI=1S/C11H9F4N3S/c1-6(7-3-2-4-8(12)5-7)16-10-18-17-9(19-10)11(13,14)15/h2-6H,1H3,(H,16,18). The van der Waals surface area contributed by atoms with E-state index in [-0.39, 0.29) is 11.2 Å². The lowest BCUT2D eigenvalue weighted by Gasteiger charge is -2.12. The van der Waals surface area contributed by atoms with E-state index in [1.165, 1.54) is 18.2 Å². The summed E-state index contributed by atoms with van der Waals surface area (Å²) in [5.41, 5.74) is 0.615. The predicted octanol–water partition coefficient (Wildman–Crippen LogP) is 3.87. The number of hydrogen-bond acceptors (Lipinski definition) is 4. The largest absolute Gasteiger partial charge is 0.445 e. The smallest absolute Gasteiger partial charge is 0.354 e. The van der Waals surface area contributed by atoms with Gasteiger partial charge in [-0.3, -0.25) is 0 Å².